The van der Waals surface area contributed by atoms with Crippen LogP contribution in [0.3, 0.4) is 0 Å². The molecule has 1 nitrogen and oxygen atoms in total. The normalized spacial score (nSPS) is 23.7. The SMILES string of the molecule is C=C1C=C[C@H](C(=O)CC)[C@H]1c1ccccc1. The average Bonchev–Trinajstić information content (AvgIpc) is 2.71. The van der Waals surface area contributed by atoms with E-state index < -0.39 is 0 Å². The van der Waals surface area contributed by atoms with Crippen molar-refractivity contribution in [1.29, 1.82) is 0 Å². The quantitative estimate of drug-likeness (QED) is 0.749. The number of hydrogen-bond acceptors (Lipinski definition) is 1. The van der Waals surface area contributed by atoms with Crippen LogP contribution < -0.4 is 0 Å². The number of carbonyl (C=O) groups is 1. The number of ketones is 1. The van der Waals surface area contributed by atoms with Crippen molar-refractivity contribution in [2.75, 3.05) is 0 Å². The van der Waals surface area contributed by atoms with E-state index in [9.17, 15) is 4.79 Å². The van der Waals surface area contributed by atoms with E-state index in [0.29, 0.717) is 12.2 Å². The molecule has 0 saturated heterocycles. The van der Waals surface area contributed by atoms with Crippen molar-refractivity contribution >= 4 is 5.78 Å². The van der Waals surface area contributed by atoms with Crippen molar-refractivity contribution in [2.45, 2.75) is 19.3 Å². The molecule has 0 heterocycles. The van der Waals surface area contributed by atoms with Gasteiger partial charge in [0.15, 0.2) is 0 Å². The zero-order chi connectivity index (χ0) is 11.5. The molecule has 1 aliphatic carbocycles. The molecule has 1 aromatic rings. The molecule has 0 aliphatic heterocycles. The highest BCUT2D eigenvalue weighted by Crippen LogP contribution is 2.38. The van der Waals surface area contributed by atoms with E-state index in [2.05, 4.69) is 18.7 Å². The molecule has 16 heavy (non-hydrogen) atoms. The summed E-state index contributed by atoms with van der Waals surface area (Å²) in [5, 5.41) is 0. The van der Waals surface area contributed by atoms with E-state index in [4.69, 9.17) is 0 Å². The van der Waals surface area contributed by atoms with Gasteiger partial charge in [-0.15, -0.1) is 0 Å². The monoisotopic (exact) mass is 212 g/mol. The van der Waals surface area contributed by atoms with Crippen molar-refractivity contribution in [2.24, 2.45) is 5.92 Å². The third-order valence-electron chi connectivity index (χ3n) is 3.16. The molecule has 0 saturated carbocycles. The number of hydrogen-bond donors (Lipinski definition) is 0. The Kier molecular flexibility index (Phi) is 3.04. The Morgan fingerprint density at radius 1 is 1.31 bits per heavy atom. The first-order valence-corrected chi connectivity index (χ1v) is 5.68. The van der Waals surface area contributed by atoms with Crippen LogP contribution in [0.2, 0.25) is 0 Å². The standard InChI is InChI=1S/C15H16O/c1-3-14(16)13-10-9-11(2)15(13)12-7-5-4-6-8-12/h4-10,13,15H,2-3H2,1H3/t13-,15-/m1/s1. The van der Waals surface area contributed by atoms with Gasteiger partial charge in [0.2, 0.25) is 0 Å². The number of rotatable bonds is 3. The summed E-state index contributed by atoms with van der Waals surface area (Å²) in [5.74, 6) is 0.428. The van der Waals surface area contributed by atoms with Crippen LogP contribution in [0.15, 0.2) is 54.6 Å². The molecule has 1 aromatic carbocycles. The van der Waals surface area contributed by atoms with Crippen molar-refractivity contribution in [3.05, 3.63) is 60.2 Å². The highest BCUT2D eigenvalue weighted by molar-refractivity contribution is 5.85. The van der Waals surface area contributed by atoms with Crippen LogP contribution in [0, 0.1) is 5.92 Å². The summed E-state index contributed by atoms with van der Waals surface area (Å²) < 4.78 is 0. The molecule has 0 unspecified atom stereocenters. The van der Waals surface area contributed by atoms with Crippen molar-refractivity contribution in [1.82, 2.24) is 0 Å². The van der Waals surface area contributed by atoms with Crippen LogP contribution >= 0.6 is 0 Å². The molecule has 1 heteroatoms. The lowest BCUT2D eigenvalue weighted by Gasteiger charge is -2.19. The Morgan fingerprint density at radius 3 is 2.62 bits per heavy atom. The Labute approximate surface area is 96.5 Å². The predicted molar refractivity (Wildman–Crippen MR) is 66.3 cm³/mol. The third kappa shape index (κ3) is 1.85. The second kappa shape index (κ2) is 4.48. The van der Waals surface area contributed by atoms with Gasteiger partial charge in [-0.05, 0) is 11.1 Å². The molecule has 1 aliphatic rings. The van der Waals surface area contributed by atoms with Gasteiger partial charge in [-0.2, -0.15) is 0 Å². The second-order valence-electron chi connectivity index (χ2n) is 4.17. The molecular formula is C15H16O. The third-order valence-corrected chi connectivity index (χ3v) is 3.16. The first kappa shape index (κ1) is 10.9. The molecule has 0 spiro atoms. The topological polar surface area (TPSA) is 17.1 Å². The Balaban J connectivity index is 2.32. The summed E-state index contributed by atoms with van der Waals surface area (Å²) in [5.41, 5.74) is 2.22. The van der Waals surface area contributed by atoms with Gasteiger partial charge >= 0.3 is 0 Å². The minimum Gasteiger partial charge on any atom is -0.299 e. The molecule has 2 atom stereocenters. The number of benzene rings is 1. The largest absolute Gasteiger partial charge is 0.299 e. The number of allylic oxidation sites excluding steroid dienone is 3. The van der Waals surface area contributed by atoms with Crippen molar-refractivity contribution in [3.8, 4) is 0 Å². The highest BCUT2D eigenvalue weighted by atomic mass is 16.1. The molecular weight excluding hydrogens is 196 g/mol. The van der Waals surface area contributed by atoms with Gasteiger partial charge < -0.3 is 0 Å². The maximum Gasteiger partial charge on any atom is 0.140 e. The van der Waals surface area contributed by atoms with Gasteiger partial charge in [-0.1, -0.05) is 56.0 Å². The first-order valence-electron chi connectivity index (χ1n) is 5.68. The first-order chi connectivity index (χ1) is 7.74. The van der Waals surface area contributed by atoms with E-state index in [-0.39, 0.29) is 11.8 Å². The molecule has 2 rings (SSSR count). The summed E-state index contributed by atoms with van der Waals surface area (Å²) in [6.07, 6.45) is 4.56. The zero-order valence-electron chi connectivity index (χ0n) is 9.52. The Hall–Kier alpha value is -1.63. The summed E-state index contributed by atoms with van der Waals surface area (Å²) in [6, 6.07) is 10.1. The highest BCUT2D eigenvalue weighted by Gasteiger charge is 2.31. The number of carbonyl (C=O) groups excluding carboxylic acids is 1. The molecule has 0 N–H and O–H groups in total. The van der Waals surface area contributed by atoms with E-state index in [1.165, 1.54) is 5.56 Å². The molecule has 0 fully saturated rings. The van der Waals surface area contributed by atoms with Crippen LogP contribution in [0.5, 0.6) is 0 Å². The Bertz CT molecular complexity index is 428. The van der Waals surface area contributed by atoms with Gasteiger partial charge in [-0.3, -0.25) is 4.79 Å². The lowest BCUT2D eigenvalue weighted by molar-refractivity contribution is -0.121. The maximum atomic E-state index is 11.9. The van der Waals surface area contributed by atoms with Crippen LogP contribution in [0.25, 0.3) is 0 Å². The van der Waals surface area contributed by atoms with Gasteiger partial charge in [0.05, 0.1) is 0 Å². The fraction of sp³-hybridized carbons (Fsp3) is 0.267. The summed E-state index contributed by atoms with van der Waals surface area (Å²) >= 11 is 0. The lowest BCUT2D eigenvalue weighted by atomic mass is 9.83. The van der Waals surface area contributed by atoms with Crippen LogP contribution in [0.1, 0.15) is 24.8 Å². The molecule has 0 aromatic heterocycles. The van der Waals surface area contributed by atoms with Crippen LogP contribution in [-0.2, 0) is 4.79 Å². The second-order valence-corrected chi connectivity index (χ2v) is 4.17. The fourth-order valence-electron chi connectivity index (χ4n) is 2.28. The smallest absolute Gasteiger partial charge is 0.140 e. The lowest BCUT2D eigenvalue weighted by Crippen LogP contribution is -2.17. The number of Topliss-reactive ketones (excluding diaryl/α,β-unsaturated/α-hetero) is 1. The summed E-state index contributed by atoms with van der Waals surface area (Å²) in [4.78, 5) is 11.9. The average molecular weight is 212 g/mol. The maximum absolute atomic E-state index is 11.9. The van der Waals surface area contributed by atoms with Crippen molar-refractivity contribution in [3.63, 3.8) is 0 Å². The van der Waals surface area contributed by atoms with Crippen LogP contribution in [-0.4, -0.2) is 5.78 Å². The molecule has 82 valence electrons. The summed E-state index contributed by atoms with van der Waals surface area (Å²) in [7, 11) is 0. The molecule has 0 amide bonds. The fourth-order valence-corrected chi connectivity index (χ4v) is 2.28. The van der Waals surface area contributed by atoms with E-state index in [1.54, 1.807) is 0 Å². The van der Waals surface area contributed by atoms with E-state index in [1.807, 2.05) is 37.3 Å². The summed E-state index contributed by atoms with van der Waals surface area (Å²) in [6.45, 7) is 5.96. The minimum absolute atomic E-state index is 0.0140. The minimum atomic E-state index is -0.0140. The predicted octanol–water partition coefficient (Wildman–Crippen LogP) is 3.49. The van der Waals surface area contributed by atoms with E-state index >= 15 is 0 Å². The molecule has 0 bridgehead atoms. The van der Waals surface area contributed by atoms with Gasteiger partial charge in [0.1, 0.15) is 5.78 Å². The van der Waals surface area contributed by atoms with Crippen molar-refractivity contribution < 1.29 is 4.79 Å². The van der Waals surface area contributed by atoms with E-state index in [0.717, 1.165) is 5.57 Å². The van der Waals surface area contributed by atoms with Crippen LogP contribution in [0.4, 0.5) is 0 Å². The Morgan fingerprint density at radius 2 is 2.00 bits per heavy atom. The van der Waals surface area contributed by atoms with Gasteiger partial charge in [0.25, 0.3) is 0 Å². The van der Waals surface area contributed by atoms with Gasteiger partial charge in [0, 0.05) is 18.3 Å². The van der Waals surface area contributed by atoms with Gasteiger partial charge in [-0.25, -0.2) is 0 Å². The zero-order valence-corrected chi connectivity index (χ0v) is 9.52. The molecule has 0 radical (unpaired) electrons.